The molecule has 0 heterocycles. The fraction of sp³-hybridized carbons (Fsp3) is 0.200. The Bertz CT molecular complexity index is 595. The van der Waals surface area contributed by atoms with Crippen molar-refractivity contribution < 1.29 is 15.3 Å². The van der Waals surface area contributed by atoms with Crippen molar-refractivity contribution in [2.24, 2.45) is 5.73 Å². The van der Waals surface area contributed by atoms with Gasteiger partial charge in [0.15, 0.2) is 11.5 Å². The summed E-state index contributed by atoms with van der Waals surface area (Å²) in [6, 6.07) is 5.68. The van der Waals surface area contributed by atoms with Crippen molar-refractivity contribution in [2.75, 3.05) is 6.54 Å². The largest absolute Gasteiger partial charge is 0.505 e. The highest BCUT2D eigenvalue weighted by Gasteiger charge is 2.04. The third-order valence-corrected chi connectivity index (χ3v) is 3.89. The van der Waals surface area contributed by atoms with Crippen LogP contribution in [0.2, 0.25) is 30.1 Å². The first-order chi connectivity index (χ1) is 11.5. The van der Waals surface area contributed by atoms with Gasteiger partial charge in [-0.3, -0.25) is 0 Å². The van der Waals surface area contributed by atoms with Gasteiger partial charge in [0.1, 0.15) is 0 Å². The van der Waals surface area contributed by atoms with Crippen molar-refractivity contribution in [3.8, 4) is 11.5 Å². The fourth-order valence-electron chi connectivity index (χ4n) is 1.07. The zero-order valence-corrected chi connectivity index (χ0v) is 17.3. The van der Waals surface area contributed by atoms with Gasteiger partial charge >= 0.3 is 0 Å². The van der Waals surface area contributed by atoms with Crippen molar-refractivity contribution in [1.82, 2.24) is 0 Å². The van der Waals surface area contributed by atoms with Crippen LogP contribution in [0, 0.1) is 0 Å². The first kappa shape index (κ1) is 24.7. The maximum absolute atomic E-state index is 9.01. The van der Waals surface area contributed by atoms with Crippen LogP contribution >= 0.6 is 69.6 Å². The summed E-state index contributed by atoms with van der Waals surface area (Å²) in [7, 11) is 0. The summed E-state index contributed by atoms with van der Waals surface area (Å²) in [5.41, 5.74) is 4.92. The van der Waals surface area contributed by atoms with Crippen molar-refractivity contribution in [1.29, 1.82) is 0 Å². The smallest absolute Gasteiger partial charge is 0.152 e. The summed E-state index contributed by atoms with van der Waals surface area (Å²) in [6.07, 6.45) is -0.338. The van der Waals surface area contributed by atoms with Gasteiger partial charge < -0.3 is 21.1 Å². The number of nitrogens with two attached hydrogens (primary N) is 1. The Kier molecular flexibility index (Phi) is 12.0. The molecule has 140 valence electrons. The summed E-state index contributed by atoms with van der Waals surface area (Å²) >= 11 is 33.1. The second kappa shape index (κ2) is 12.2. The van der Waals surface area contributed by atoms with Gasteiger partial charge in [0, 0.05) is 16.6 Å². The van der Waals surface area contributed by atoms with E-state index in [0.717, 1.165) is 0 Å². The quantitative estimate of drug-likeness (QED) is 0.410. The molecular formula is C15H15Cl6NO3. The molecule has 1 unspecified atom stereocenters. The highest BCUT2D eigenvalue weighted by atomic mass is 35.5. The fourth-order valence-corrected chi connectivity index (χ4v) is 2.70. The predicted octanol–water partition coefficient (Wildman–Crippen LogP) is 6.03. The summed E-state index contributed by atoms with van der Waals surface area (Å²) in [4.78, 5) is 0. The van der Waals surface area contributed by atoms with Crippen molar-refractivity contribution in [3.63, 3.8) is 0 Å². The zero-order chi connectivity index (χ0) is 19.7. The van der Waals surface area contributed by atoms with E-state index >= 15 is 0 Å². The van der Waals surface area contributed by atoms with E-state index in [4.69, 9.17) is 90.7 Å². The predicted molar refractivity (Wildman–Crippen MR) is 107 cm³/mol. The summed E-state index contributed by atoms with van der Waals surface area (Å²) in [5.74, 6) is -0.263. The molecule has 0 saturated heterocycles. The SMILES string of the molecule is CC(O)CN.Oc1c(Cl)cc(Cl)cc1Cl.Oc1c(Cl)cc(Cl)cc1Cl. The number of phenols is 2. The summed E-state index contributed by atoms with van der Waals surface area (Å²) in [6.45, 7) is 2.01. The normalized spacial score (nSPS) is 10.9. The topological polar surface area (TPSA) is 86.7 Å². The Balaban J connectivity index is 0.000000368. The third kappa shape index (κ3) is 9.83. The van der Waals surface area contributed by atoms with E-state index in [0.29, 0.717) is 16.6 Å². The second-order valence-electron chi connectivity index (χ2n) is 4.52. The molecule has 2 aromatic carbocycles. The lowest BCUT2D eigenvalue weighted by molar-refractivity contribution is 0.203. The molecule has 0 amide bonds. The highest BCUT2D eigenvalue weighted by Crippen LogP contribution is 2.34. The van der Waals surface area contributed by atoms with Crippen LogP contribution in [0.25, 0.3) is 0 Å². The zero-order valence-electron chi connectivity index (χ0n) is 12.8. The minimum Gasteiger partial charge on any atom is -0.505 e. The lowest BCUT2D eigenvalue weighted by atomic mass is 10.3. The van der Waals surface area contributed by atoms with E-state index in [2.05, 4.69) is 0 Å². The van der Waals surface area contributed by atoms with Gasteiger partial charge in [-0.05, 0) is 31.2 Å². The van der Waals surface area contributed by atoms with E-state index < -0.39 is 0 Å². The Hall–Kier alpha value is -0.300. The monoisotopic (exact) mass is 467 g/mol. The molecule has 5 N–H and O–H groups in total. The number of rotatable bonds is 1. The molecule has 0 aliphatic rings. The molecule has 2 aromatic rings. The van der Waals surface area contributed by atoms with Crippen LogP contribution in [-0.4, -0.2) is 28.0 Å². The van der Waals surface area contributed by atoms with Gasteiger partial charge in [0.2, 0.25) is 0 Å². The van der Waals surface area contributed by atoms with Crippen LogP contribution in [0.3, 0.4) is 0 Å². The molecule has 0 fully saturated rings. The molecule has 0 radical (unpaired) electrons. The van der Waals surface area contributed by atoms with Gasteiger partial charge in [0.05, 0.1) is 26.2 Å². The number of aliphatic hydroxyl groups excluding tert-OH is 1. The minimum absolute atomic E-state index is 0.132. The number of aromatic hydroxyl groups is 2. The molecule has 0 aliphatic heterocycles. The molecule has 0 spiro atoms. The van der Waals surface area contributed by atoms with Crippen LogP contribution in [0.5, 0.6) is 11.5 Å². The lowest BCUT2D eigenvalue weighted by Gasteiger charge is -1.98. The molecule has 10 heteroatoms. The summed E-state index contributed by atoms with van der Waals surface area (Å²) < 4.78 is 0. The van der Waals surface area contributed by atoms with E-state index in [1.165, 1.54) is 24.3 Å². The summed E-state index contributed by atoms with van der Waals surface area (Å²) in [5, 5.41) is 27.7. The minimum atomic E-state index is -0.338. The molecule has 1 atom stereocenters. The van der Waals surface area contributed by atoms with E-state index in [1.807, 2.05) is 0 Å². The van der Waals surface area contributed by atoms with Crippen LogP contribution < -0.4 is 5.73 Å². The average Bonchev–Trinajstić information content (AvgIpc) is 2.51. The molecule has 0 aromatic heterocycles. The van der Waals surface area contributed by atoms with Crippen LogP contribution in [-0.2, 0) is 0 Å². The molecule has 0 bridgehead atoms. The maximum atomic E-state index is 9.01. The van der Waals surface area contributed by atoms with E-state index in [9.17, 15) is 0 Å². The molecule has 4 nitrogen and oxygen atoms in total. The van der Waals surface area contributed by atoms with Gasteiger partial charge in [-0.15, -0.1) is 0 Å². The number of aliphatic hydroxyl groups is 1. The maximum Gasteiger partial charge on any atom is 0.152 e. The van der Waals surface area contributed by atoms with E-state index in [-0.39, 0.29) is 37.7 Å². The Labute approximate surface area is 175 Å². The first-order valence-corrected chi connectivity index (χ1v) is 8.81. The highest BCUT2D eigenvalue weighted by molar-refractivity contribution is 6.40. The van der Waals surface area contributed by atoms with Crippen LogP contribution in [0.4, 0.5) is 0 Å². The Morgan fingerprint density at radius 3 is 1.12 bits per heavy atom. The number of benzene rings is 2. The molecule has 0 saturated carbocycles. The number of halogens is 6. The Morgan fingerprint density at radius 2 is 0.960 bits per heavy atom. The Morgan fingerprint density at radius 1 is 0.760 bits per heavy atom. The number of phenolic OH excluding ortho intramolecular Hbond substituents is 2. The molecule has 25 heavy (non-hydrogen) atoms. The number of hydrogen-bond donors (Lipinski definition) is 4. The first-order valence-electron chi connectivity index (χ1n) is 6.54. The second-order valence-corrected chi connectivity index (χ2v) is 7.02. The van der Waals surface area contributed by atoms with Crippen LogP contribution in [0.15, 0.2) is 24.3 Å². The number of hydrogen-bond acceptors (Lipinski definition) is 4. The van der Waals surface area contributed by atoms with Gasteiger partial charge in [-0.1, -0.05) is 69.6 Å². The molecule has 2 rings (SSSR count). The van der Waals surface area contributed by atoms with Crippen LogP contribution in [0.1, 0.15) is 6.92 Å². The van der Waals surface area contributed by atoms with Gasteiger partial charge in [-0.2, -0.15) is 0 Å². The molecular weight excluding hydrogens is 455 g/mol. The van der Waals surface area contributed by atoms with Crippen molar-refractivity contribution in [2.45, 2.75) is 13.0 Å². The van der Waals surface area contributed by atoms with Crippen molar-refractivity contribution in [3.05, 3.63) is 54.4 Å². The lowest BCUT2D eigenvalue weighted by Crippen LogP contribution is -2.14. The van der Waals surface area contributed by atoms with Crippen molar-refractivity contribution >= 4 is 69.6 Å². The standard InChI is InChI=1S/2C6H3Cl3O.C3H9NO/c2*7-3-1-4(8)6(10)5(9)2-3;1-3(5)2-4/h2*1-2,10H;3,5H,2,4H2,1H3. The van der Waals surface area contributed by atoms with E-state index in [1.54, 1.807) is 6.92 Å². The van der Waals surface area contributed by atoms with Gasteiger partial charge in [-0.25, -0.2) is 0 Å². The third-order valence-electron chi connectivity index (χ3n) is 2.30. The average molecular weight is 470 g/mol. The molecule has 0 aliphatic carbocycles. The van der Waals surface area contributed by atoms with Gasteiger partial charge in [0.25, 0.3) is 0 Å².